The van der Waals surface area contributed by atoms with Gasteiger partial charge in [0.1, 0.15) is 17.8 Å². The van der Waals surface area contributed by atoms with Gasteiger partial charge in [0.15, 0.2) is 11.5 Å². The van der Waals surface area contributed by atoms with Gasteiger partial charge >= 0.3 is 6.01 Å². The highest BCUT2D eigenvalue weighted by molar-refractivity contribution is 5.78. The molecule has 3 aromatic heterocycles. The Balaban J connectivity index is 1.40. The second-order valence-electron chi connectivity index (χ2n) is 6.21. The third-order valence-electron chi connectivity index (χ3n) is 4.15. The van der Waals surface area contributed by atoms with Crippen LogP contribution in [0.4, 0.5) is 6.01 Å². The Morgan fingerprint density at radius 3 is 2.88 bits per heavy atom. The summed E-state index contributed by atoms with van der Waals surface area (Å²) in [6, 6.07) is 0.594. The highest BCUT2D eigenvalue weighted by Gasteiger charge is 2.25. The Bertz CT molecular complexity index is 820. The fraction of sp³-hybridized carbons (Fsp3) is 0.533. The zero-order valence-corrected chi connectivity index (χ0v) is 13.6. The molecule has 1 fully saturated rings. The first-order valence-corrected chi connectivity index (χ1v) is 8.10. The molecule has 24 heavy (non-hydrogen) atoms. The average molecular weight is 329 g/mol. The van der Waals surface area contributed by atoms with Crippen LogP contribution in [-0.4, -0.2) is 49.5 Å². The predicted molar refractivity (Wildman–Crippen MR) is 85.9 cm³/mol. The van der Waals surface area contributed by atoms with E-state index in [-0.39, 0.29) is 12.0 Å². The number of aromatic amines is 1. The third kappa shape index (κ3) is 2.77. The molecule has 0 unspecified atom stereocenters. The summed E-state index contributed by atoms with van der Waals surface area (Å²) in [5.41, 5.74) is 0.685. The Morgan fingerprint density at radius 2 is 2.12 bits per heavy atom. The van der Waals surface area contributed by atoms with Gasteiger partial charge in [-0.05, 0) is 0 Å². The summed E-state index contributed by atoms with van der Waals surface area (Å²) in [6.45, 7) is 5.72. The minimum absolute atomic E-state index is 0.0988. The van der Waals surface area contributed by atoms with Gasteiger partial charge in [0.2, 0.25) is 5.88 Å². The lowest BCUT2D eigenvalue weighted by Gasteiger charge is -2.30. The van der Waals surface area contributed by atoms with Gasteiger partial charge < -0.3 is 14.2 Å². The normalized spacial score (nSPS) is 16.2. The summed E-state index contributed by atoms with van der Waals surface area (Å²) in [6.07, 6.45) is 5.00. The molecule has 0 radical (unpaired) electrons. The molecular formula is C15H19N7O2. The number of aromatic nitrogens is 6. The molecule has 1 aliphatic heterocycles. The predicted octanol–water partition coefficient (Wildman–Crippen LogP) is 1.91. The van der Waals surface area contributed by atoms with Gasteiger partial charge in [0, 0.05) is 31.8 Å². The molecule has 0 atom stereocenters. The molecule has 1 saturated heterocycles. The molecular weight excluding hydrogens is 310 g/mol. The maximum Gasteiger partial charge on any atom is 0.324 e. The molecule has 0 spiro atoms. The number of rotatable bonds is 4. The Morgan fingerprint density at radius 1 is 1.29 bits per heavy atom. The zero-order valence-electron chi connectivity index (χ0n) is 13.6. The Labute approximate surface area is 138 Å². The number of nitrogens with one attached hydrogen (secondary N) is 1. The molecule has 1 N–H and O–H groups in total. The lowest BCUT2D eigenvalue weighted by atomic mass is 10.1. The molecule has 9 heteroatoms. The van der Waals surface area contributed by atoms with Crippen LogP contribution in [0.3, 0.4) is 0 Å². The van der Waals surface area contributed by atoms with E-state index in [9.17, 15) is 0 Å². The van der Waals surface area contributed by atoms with Gasteiger partial charge in [0.25, 0.3) is 0 Å². The summed E-state index contributed by atoms with van der Waals surface area (Å²) >= 11 is 0. The van der Waals surface area contributed by atoms with Crippen LogP contribution < -0.4 is 9.64 Å². The van der Waals surface area contributed by atoms with Gasteiger partial charge in [-0.3, -0.25) is 5.10 Å². The van der Waals surface area contributed by atoms with Crippen molar-refractivity contribution in [2.75, 3.05) is 18.0 Å². The molecule has 0 amide bonds. The fourth-order valence-corrected chi connectivity index (χ4v) is 2.75. The van der Waals surface area contributed by atoms with Crippen molar-refractivity contribution in [3.63, 3.8) is 0 Å². The number of piperidine rings is 1. The fourth-order valence-electron chi connectivity index (χ4n) is 2.75. The first kappa shape index (κ1) is 14.9. The second-order valence-corrected chi connectivity index (χ2v) is 6.21. The van der Waals surface area contributed by atoms with Crippen LogP contribution in [0.25, 0.3) is 11.0 Å². The van der Waals surface area contributed by atoms with Crippen LogP contribution in [0.5, 0.6) is 5.88 Å². The quantitative estimate of drug-likeness (QED) is 0.773. The van der Waals surface area contributed by atoms with Crippen LogP contribution in [0.2, 0.25) is 0 Å². The number of hydrogen-bond donors (Lipinski definition) is 1. The molecule has 9 nitrogen and oxygen atoms in total. The standard InChI is InChI=1S/C15H19N7O2/c1-9(2)12-19-15(24-21-12)22-5-3-10(4-6-22)23-14-11-7-18-20-13(11)16-8-17-14/h7-10H,3-6H2,1-2H3,(H,16,17,18,20). The van der Waals surface area contributed by atoms with Crippen molar-refractivity contribution in [1.29, 1.82) is 0 Å². The van der Waals surface area contributed by atoms with Gasteiger partial charge in [-0.15, -0.1) is 0 Å². The monoisotopic (exact) mass is 329 g/mol. The first-order chi connectivity index (χ1) is 11.7. The van der Waals surface area contributed by atoms with Crippen LogP contribution in [-0.2, 0) is 0 Å². The summed E-state index contributed by atoms with van der Waals surface area (Å²) in [7, 11) is 0. The van der Waals surface area contributed by atoms with Crippen molar-refractivity contribution in [3.05, 3.63) is 18.3 Å². The van der Waals surface area contributed by atoms with E-state index in [4.69, 9.17) is 9.26 Å². The number of ether oxygens (including phenoxy) is 1. The maximum absolute atomic E-state index is 6.05. The maximum atomic E-state index is 6.05. The number of anilines is 1. The Kier molecular flexibility index (Phi) is 3.75. The van der Waals surface area contributed by atoms with Crippen LogP contribution in [0, 0.1) is 0 Å². The number of hydrogen-bond acceptors (Lipinski definition) is 8. The van der Waals surface area contributed by atoms with Crippen molar-refractivity contribution in [3.8, 4) is 5.88 Å². The van der Waals surface area contributed by atoms with Gasteiger partial charge in [-0.25, -0.2) is 9.97 Å². The first-order valence-electron chi connectivity index (χ1n) is 8.10. The van der Waals surface area contributed by atoms with Crippen LogP contribution in [0.1, 0.15) is 38.4 Å². The van der Waals surface area contributed by atoms with Gasteiger partial charge in [-0.1, -0.05) is 19.0 Å². The van der Waals surface area contributed by atoms with Crippen molar-refractivity contribution in [2.24, 2.45) is 0 Å². The van der Waals surface area contributed by atoms with Crippen molar-refractivity contribution in [2.45, 2.75) is 38.7 Å². The largest absolute Gasteiger partial charge is 0.474 e. The third-order valence-corrected chi connectivity index (χ3v) is 4.15. The lowest BCUT2D eigenvalue weighted by Crippen LogP contribution is -2.38. The molecule has 0 saturated carbocycles. The molecule has 0 bridgehead atoms. The zero-order chi connectivity index (χ0) is 16.5. The minimum atomic E-state index is 0.0988. The van der Waals surface area contributed by atoms with Crippen molar-refractivity contribution < 1.29 is 9.26 Å². The minimum Gasteiger partial charge on any atom is -0.474 e. The average Bonchev–Trinajstić information content (AvgIpc) is 3.25. The Hall–Kier alpha value is -2.71. The number of fused-ring (bicyclic) bond motifs is 1. The number of H-pyrrole nitrogens is 1. The van der Waals surface area contributed by atoms with E-state index in [0.717, 1.165) is 37.1 Å². The summed E-state index contributed by atoms with van der Waals surface area (Å²) < 4.78 is 11.4. The van der Waals surface area contributed by atoms with E-state index in [0.29, 0.717) is 17.5 Å². The molecule has 0 aliphatic carbocycles. The van der Waals surface area contributed by atoms with Crippen LogP contribution >= 0.6 is 0 Å². The molecule has 4 rings (SSSR count). The van der Waals surface area contributed by atoms with Crippen molar-refractivity contribution in [1.82, 2.24) is 30.3 Å². The highest BCUT2D eigenvalue weighted by Crippen LogP contribution is 2.25. The molecule has 3 aromatic rings. The SMILES string of the molecule is CC(C)c1noc(N2CCC(Oc3ncnc4[nH]ncc34)CC2)n1. The van der Waals surface area contributed by atoms with Gasteiger partial charge in [-0.2, -0.15) is 10.1 Å². The van der Waals surface area contributed by atoms with E-state index >= 15 is 0 Å². The molecule has 1 aliphatic rings. The van der Waals surface area contributed by atoms with E-state index in [1.54, 1.807) is 6.20 Å². The molecule has 4 heterocycles. The summed E-state index contributed by atoms with van der Waals surface area (Å²) in [4.78, 5) is 14.9. The molecule has 0 aromatic carbocycles. The highest BCUT2D eigenvalue weighted by atomic mass is 16.5. The summed E-state index contributed by atoms with van der Waals surface area (Å²) in [5.74, 6) is 1.58. The second kappa shape index (κ2) is 6.06. The summed E-state index contributed by atoms with van der Waals surface area (Å²) in [5, 5.41) is 11.6. The van der Waals surface area contributed by atoms with E-state index < -0.39 is 0 Å². The smallest absolute Gasteiger partial charge is 0.324 e. The van der Waals surface area contributed by atoms with E-state index in [1.165, 1.54) is 6.33 Å². The topological polar surface area (TPSA) is 106 Å². The van der Waals surface area contributed by atoms with Crippen LogP contribution in [0.15, 0.2) is 17.0 Å². The van der Waals surface area contributed by atoms with E-state index in [2.05, 4.69) is 35.2 Å². The molecule has 126 valence electrons. The lowest BCUT2D eigenvalue weighted by molar-refractivity contribution is 0.164. The van der Waals surface area contributed by atoms with Crippen molar-refractivity contribution >= 4 is 17.0 Å². The number of nitrogens with zero attached hydrogens (tertiary/aromatic N) is 6. The van der Waals surface area contributed by atoms with Gasteiger partial charge in [0.05, 0.1) is 6.20 Å². The van der Waals surface area contributed by atoms with E-state index in [1.807, 2.05) is 13.8 Å².